The lowest BCUT2D eigenvalue weighted by Gasteiger charge is -2.17. The van der Waals surface area contributed by atoms with E-state index in [9.17, 15) is 18.7 Å². The molecule has 0 saturated heterocycles. The molecule has 4 rings (SSSR count). The molecule has 0 bridgehead atoms. The van der Waals surface area contributed by atoms with Crippen molar-refractivity contribution in [2.45, 2.75) is 45.6 Å². The lowest BCUT2D eigenvalue weighted by Crippen LogP contribution is -2.19. The maximum absolute atomic E-state index is 14.8. The van der Waals surface area contributed by atoms with E-state index in [1.54, 1.807) is 57.2 Å². The third-order valence-corrected chi connectivity index (χ3v) is 5.84. The number of benzene rings is 2. The third-order valence-electron chi connectivity index (χ3n) is 5.84. The van der Waals surface area contributed by atoms with Crippen molar-refractivity contribution in [2.75, 3.05) is 11.9 Å². The molecule has 10 heteroatoms. The zero-order valence-electron chi connectivity index (χ0n) is 21.4. The van der Waals surface area contributed by atoms with Gasteiger partial charge in [-0.1, -0.05) is 18.2 Å². The topological polar surface area (TPSA) is 113 Å². The average molecular weight is 522 g/mol. The number of H-pyrrole nitrogens is 1. The molecule has 3 N–H and O–H groups in total. The molecular weight excluding hydrogens is 492 g/mol. The highest BCUT2D eigenvalue weighted by Gasteiger charge is 2.17. The van der Waals surface area contributed by atoms with Gasteiger partial charge < -0.3 is 20.1 Å². The lowest BCUT2D eigenvalue weighted by molar-refractivity contribution is 0.0641. The number of aromatic nitrogens is 4. The van der Waals surface area contributed by atoms with E-state index in [0.717, 1.165) is 0 Å². The molecule has 38 heavy (non-hydrogen) atoms. The molecule has 198 valence electrons. The summed E-state index contributed by atoms with van der Waals surface area (Å²) in [5, 5.41) is 20.3. The van der Waals surface area contributed by atoms with Crippen LogP contribution in [0.2, 0.25) is 0 Å². The number of hydrogen-bond donors (Lipinski definition) is 3. The standard InChI is InChI=1S/C28H29F2N5O3/c1-17-16-31-24(33-27(36)26-32-25(34-35-26)13-18-7-4-5-8-22(18)29)15-20(17)21-14-19(9-10-23(21)30)38-12-6-11-28(2,3)37/h4-5,7-10,14-16,37H,6,11-13H2,1-3H3,(H,31,33,36)(H,32,34,35). The van der Waals surface area contributed by atoms with Crippen molar-refractivity contribution >= 4 is 11.7 Å². The highest BCUT2D eigenvalue weighted by atomic mass is 19.1. The maximum Gasteiger partial charge on any atom is 0.294 e. The fraction of sp³-hybridized carbons (Fsp3) is 0.286. The Morgan fingerprint density at radius 1 is 1.08 bits per heavy atom. The number of aromatic amines is 1. The molecular formula is C28H29F2N5O3. The minimum Gasteiger partial charge on any atom is -0.494 e. The van der Waals surface area contributed by atoms with Crippen LogP contribution in [0.1, 0.15) is 54.3 Å². The highest BCUT2D eigenvalue weighted by Crippen LogP contribution is 2.31. The number of nitrogens with one attached hydrogen (secondary N) is 2. The number of aliphatic hydroxyl groups is 1. The molecule has 8 nitrogen and oxygen atoms in total. The van der Waals surface area contributed by atoms with Gasteiger partial charge in [-0.15, -0.1) is 10.2 Å². The molecule has 0 aliphatic rings. The number of rotatable bonds is 10. The monoisotopic (exact) mass is 521 g/mol. The summed E-state index contributed by atoms with van der Waals surface area (Å²) in [6.45, 7) is 5.63. The summed E-state index contributed by atoms with van der Waals surface area (Å²) in [4.78, 5) is 19.8. The van der Waals surface area contributed by atoms with Crippen LogP contribution in [-0.2, 0) is 6.42 Å². The zero-order valence-corrected chi connectivity index (χ0v) is 21.4. The van der Waals surface area contributed by atoms with Gasteiger partial charge in [0.15, 0.2) is 0 Å². The second-order valence-corrected chi connectivity index (χ2v) is 9.63. The van der Waals surface area contributed by atoms with Crippen molar-refractivity contribution in [3.05, 3.63) is 89.1 Å². The predicted molar refractivity (Wildman–Crippen MR) is 139 cm³/mol. The Hall–Kier alpha value is -4.18. The summed E-state index contributed by atoms with van der Waals surface area (Å²) in [5.74, 6) is -0.465. The van der Waals surface area contributed by atoms with Gasteiger partial charge in [0.25, 0.3) is 5.91 Å². The number of carbonyl (C=O) groups is 1. The first-order valence-corrected chi connectivity index (χ1v) is 12.2. The van der Waals surface area contributed by atoms with Crippen molar-refractivity contribution in [1.82, 2.24) is 20.2 Å². The summed E-state index contributed by atoms with van der Waals surface area (Å²) in [6.07, 6.45) is 2.90. The predicted octanol–water partition coefficient (Wildman–Crippen LogP) is 5.23. The molecule has 0 radical (unpaired) electrons. The van der Waals surface area contributed by atoms with E-state index in [1.165, 1.54) is 18.3 Å². The fourth-order valence-electron chi connectivity index (χ4n) is 3.85. The van der Waals surface area contributed by atoms with Crippen LogP contribution < -0.4 is 10.1 Å². The van der Waals surface area contributed by atoms with Crippen LogP contribution in [0, 0.1) is 18.6 Å². The first-order chi connectivity index (χ1) is 18.1. The number of hydrogen-bond acceptors (Lipinski definition) is 6. The van der Waals surface area contributed by atoms with Gasteiger partial charge in [0, 0.05) is 18.2 Å². The van der Waals surface area contributed by atoms with Gasteiger partial charge >= 0.3 is 0 Å². The Bertz CT molecular complexity index is 1430. The molecule has 2 heterocycles. The summed E-state index contributed by atoms with van der Waals surface area (Å²) in [6, 6.07) is 12.3. The summed E-state index contributed by atoms with van der Waals surface area (Å²) >= 11 is 0. The SMILES string of the molecule is Cc1cnc(NC(=O)c2nnc(Cc3ccccc3F)[nH]2)cc1-c1cc(OCCCC(C)(C)O)ccc1F. The van der Waals surface area contributed by atoms with Crippen LogP contribution in [-0.4, -0.2) is 43.4 Å². The van der Waals surface area contributed by atoms with E-state index in [4.69, 9.17) is 4.74 Å². The van der Waals surface area contributed by atoms with Crippen LogP contribution >= 0.6 is 0 Å². The third kappa shape index (κ3) is 6.98. The van der Waals surface area contributed by atoms with Crippen LogP contribution in [0.4, 0.5) is 14.6 Å². The number of aryl methyl sites for hydroxylation is 1. The van der Waals surface area contributed by atoms with Gasteiger partial charge in [0.2, 0.25) is 5.82 Å². The first-order valence-electron chi connectivity index (χ1n) is 12.2. The van der Waals surface area contributed by atoms with E-state index >= 15 is 0 Å². The number of nitrogens with zero attached hydrogens (tertiary/aromatic N) is 3. The van der Waals surface area contributed by atoms with Crippen molar-refractivity contribution in [3.8, 4) is 16.9 Å². The van der Waals surface area contributed by atoms with Crippen molar-refractivity contribution < 1.29 is 23.4 Å². The largest absolute Gasteiger partial charge is 0.494 e. The molecule has 0 aliphatic heterocycles. The van der Waals surface area contributed by atoms with Crippen molar-refractivity contribution in [2.24, 2.45) is 0 Å². The van der Waals surface area contributed by atoms with Gasteiger partial charge in [-0.05, 0) is 80.6 Å². The zero-order chi connectivity index (χ0) is 27.3. The number of carbonyl (C=O) groups excluding carboxylic acids is 1. The molecule has 0 fully saturated rings. The summed E-state index contributed by atoms with van der Waals surface area (Å²) in [7, 11) is 0. The van der Waals surface area contributed by atoms with E-state index in [2.05, 4.69) is 25.5 Å². The summed E-state index contributed by atoms with van der Waals surface area (Å²) in [5.41, 5.74) is 1.18. The van der Waals surface area contributed by atoms with E-state index in [1.807, 2.05) is 0 Å². The Kier molecular flexibility index (Phi) is 8.11. The van der Waals surface area contributed by atoms with E-state index in [0.29, 0.717) is 53.3 Å². The number of amides is 1. The Morgan fingerprint density at radius 3 is 2.63 bits per heavy atom. The smallest absolute Gasteiger partial charge is 0.294 e. The first kappa shape index (κ1) is 26.9. The molecule has 2 aromatic heterocycles. The Balaban J connectivity index is 1.46. The van der Waals surface area contributed by atoms with Gasteiger partial charge in [-0.2, -0.15) is 0 Å². The van der Waals surface area contributed by atoms with E-state index < -0.39 is 17.3 Å². The van der Waals surface area contributed by atoms with Crippen LogP contribution in [0.5, 0.6) is 5.75 Å². The fourth-order valence-corrected chi connectivity index (χ4v) is 3.85. The molecule has 0 unspecified atom stereocenters. The normalized spacial score (nSPS) is 11.4. The quantitative estimate of drug-likeness (QED) is 0.247. The number of anilines is 1. The molecule has 0 saturated carbocycles. The van der Waals surface area contributed by atoms with Crippen LogP contribution in [0.3, 0.4) is 0 Å². The van der Waals surface area contributed by atoms with Crippen molar-refractivity contribution in [1.29, 1.82) is 0 Å². The molecule has 4 aromatic rings. The minimum atomic E-state index is -0.778. The Labute approximate surface area is 219 Å². The lowest BCUT2D eigenvalue weighted by atomic mass is 10.0. The molecule has 1 amide bonds. The molecule has 0 atom stereocenters. The second kappa shape index (κ2) is 11.5. The molecule has 0 aliphatic carbocycles. The van der Waals surface area contributed by atoms with Crippen LogP contribution in [0.25, 0.3) is 11.1 Å². The average Bonchev–Trinajstić information content (AvgIpc) is 3.34. The van der Waals surface area contributed by atoms with Crippen molar-refractivity contribution in [3.63, 3.8) is 0 Å². The van der Waals surface area contributed by atoms with Gasteiger partial charge in [-0.3, -0.25) is 4.79 Å². The second-order valence-electron chi connectivity index (χ2n) is 9.63. The van der Waals surface area contributed by atoms with Gasteiger partial charge in [0.05, 0.1) is 12.2 Å². The Morgan fingerprint density at radius 2 is 1.87 bits per heavy atom. The highest BCUT2D eigenvalue weighted by molar-refractivity contribution is 6.01. The number of pyridine rings is 1. The number of halogens is 2. The summed E-state index contributed by atoms with van der Waals surface area (Å²) < 4.78 is 34.5. The van der Waals surface area contributed by atoms with Gasteiger partial charge in [-0.25, -0.2) is 13.8 Å². The van der Waals surface area contributed by atoms with Crippen LogP contribution in [0.15, 0.2) is 54.7 Å². The maximum atomic E-state index is 14.8. The van der Waals surface area contributed by atoms with Gasteiger partial charge in [0.1, 0.15) is 29.0 Å². The molecule has 2 aromatic carbocycles. The molecule has 0 spiro atoms. The minimum absolute atomic E-state index is 0.0621. The number of ether oxygens (including phenoxy) is 1. The van der Waals surface area contributed by atoms with E-state index in [-0.39, 0.29) is 23.9 Å².